The van der Waals surface area contributed by atoms with Gasteiger partial charge in [-0.05, 0) is 60.1 Å². The highest BCUT2D eigenvalue weighted by Gasteiger charge is 2.20. The van der Waals surface area contributed by atoms with E-state index in [-0.39, 0.29) is 23.3 Å². The van der Waals surface area contributed by atoms with Gasteiger partial charge < -0.3 is 10.2 Å². The van der Waals surface area contributed by atoms with Crippen LogP contribution in [0.2, 0.25) is 10.0 Å². The molecule has 0 bridgehead atoms. The van der Waals surface area contributed by atoms with Gasteiger partial charge in [-0.25, -0.2) is 0 Å². The van der Waals surface area contributed by atoms with Gasteiger partial charge in [0.2, 0.25) is 0 Å². The molecule has 2 N–H and O–H groups in total. The van der Waals surface area contributed by atoms with Gasteiger partial charge in [-0.2, -0.15) is 0 Å². The summed E-state index contributed by atoms with van der Waals surface area (Å²) < 4.78 is 0. The average Bonchev–Trinajstić information content (AvgIpc) is 2.53. The standard InChI is InChI=1S/C21H26Cl2O2/c1-10(2)14-8-18(24)16(12(5)20(14)22)7-17-13(6)21(23)15(11(3)4)9-19(17)25/h8-11,24-25H,7H2,1-6H3. The molecule has 0 saturated heterocycles. The van der Waals surface area contributed by atoms with Crippen LogP contribution < -0.4 is 0 Å². The van der Waals surface area contributed by atoms with Gasteiger partial charge in [0.25, 0.3) is 0 Å². The second-order valence-electron chi connectivity index (χ2n) is 7.29. The number of rotatable bonds is 4. The lowest BCUT2D eigenvalue weighted by Gasteiger charge is -2.20. The van der Waals surface area contributed by atoms with Gasteiger partial charge in [0.1, 0.15) is 11.5 Å². The minimum atomic E-state index is 0.202. The summed E-state index contributed by atoms with van der Waals surface area (Å²) in [5.41, 5.74) is 4.98. The third-order valence-corrected chi connectivity index (χ3v) is 5.87. The summed E-state index contributed by atoms with van der Waals surface area (Å²) >= 11 is 13.0. The Kier molecular flexibility index (Phi) is 5.96. The fourth-order valence-electron chi connectivity index (χ4n) is 3.14. The van der Waals surface area contributed by atoms with Gasteiger partial charge in [-0.3, -0.25) is 0 Å². The Bertz CT molecular complexity index is 741. The highest BCUT2D eigenvalue weighted by atomic mass is 35.5. The normalized spacial score (nSPS) is 11.6. The Morgan fingerprint density at radius 3 is 1.36 bits per heavy atom. The van der Waals surface area contributed by atoms with E-state index in [1.807, 2.05) is 41.5 Å². The monoisotopic (exact) mass is 380 g/mol. The Hall–Kier alpha value is -1.38. The van der Waals surface area contributed by atoms with Crippen molar-refractivity contribution in [3.63, 3.8) is 0 Å². The minimum absolute atomic E-state index is 0.202. The van der Waals surface area contributed by atoms with Crippen molar-refractivity contribution < 1.29 is 10.2 Å². The molecule has 0 amide bonds. The lowest BCUT2D eigenvalue weighted by atomic mass is 9.90. The van der Waals surface area contributed by atoms with Crippen LogP contribution in [0.1, 0.15) is 72.9 Å². The van der Waals surface area contributed by atoms with Crippen LogP contribution in [-0.4, -0.2) is 10.2 Å². The van der Waals surface area contributed by atoms with Crippen molar-refractivity contribution in [1.82, 2.24) is 0 Å². The van der Waals surface area contributed by atoms with Crippen LogP contribution >= 0.6 is 23.2 Å². The zero-order chi connectivity index (χ0) is 19.0. The van der Waals surface area contributed by atoms with Gasteiger partial charge in [0, 0.05) is 27.6 Å². The molecule has 0 aliphatic rings. The fourth-order valence-corrected chi connectivity index (χ4v) is 3.91. The van der Waals surface area contributed by atoms with E-state index >= 15 is 0 Å². The number of halogens is 2. The maximum atomic E-state index is 10.5. The molecule has 0 heterocycles. The third-order valence-electron chi connectivity index (χ3n) is 4.87. The quantitative estimate of drug-likeness (QED) is 0.607. The van der Waals surface area contributed by atoms with E-state index in [0.29, 0.717) is 16.5 Å². The predicted molar refractivity (Wildman–Crippen MR) is 107 cm³/mol. The highest BCUT2D eigenvalue weighted by molar-refractivity contribution is 6.32. The smallest absolute Gasteiger partial charge is 0.119 e. The molecule has 0 radical (unpaired) electrons. The van der Waals surface area contributed by atoms with Crippen LogP contribution in [0.5, 0.6) is 11.5 Å². The fraction of sp³-hybridized carbons (Fsp3) is 0.429. The predicted octanol–water partition coefficient (Wildman–Crippen LogP) is 6.86. The molecule has 0 saturated carbocycles. The van der Waals surface area contributed by atoms with Crippen LogP contribution in [0.25, 0.3) is 0 Å². The van der Waals surface area contributed by atoms with Crippen molar-refractivity contribution in [3.8, 4) is 11.5 Å². The molecule has 4 heteroatoms. The van der Waals surface area contributed by atoms with E-state index in [1.165, 1.54) is 0 Å². The topological polar surface area (TPSA) is 40.5 Å². The van der Waals surface area contributed by atoms with Crippen LogP contribution in [-0.2, 0) is 6.42 Å². The maximum Gasteiger partial charge on any atom is 0.119 e. The van der Waals surface area contributed by atoms with Crippen molar-refractivity contribution >= 4 is 23.2 Å². The first-order valence-electron chi connectivity index (χ1n) is 8.57. The van der Waals surface area contributed by atoms with Crippen LogP contribution in [0.15, 0.2) is 12.1 Å². The summed E-state index contributed by atoms with van der Waals surface area (Å²) in [5, 5.41) is 22.4. The number of hydrogen-bond acceptors (Lipinski definition) is 2. The summed E-state index contributed by atoms with van der Waals surface area (Å²) in [7, 11) is 0. The third kappa shape index (κ3) is 3.75. The van der Waals surface area contributed by atoms with Gasteiger partial charge in [-0.1, -0.05) is 50.9 Å². The van der Waals surface area contributed by atoms with Crippen LogP contribution in [0, 0.1) is 13.8 Å². The first kappa shape index (κ1) is 19.9. The van der Waals surface area contributed by atoms with Crippen molar-refractivity contribution in [2.45, 2.75) is 59.8 Å². The zero-order valence-corrected chi connectivity index (χ0v) is 17.2. The first-order valence-corrected chi connectivity index (χ1v) is 9.33. The Morgan fingerprint density at radius 2 is 1.08 bits per heavy atom. The second-order valence-corrected chi connectivity index (χ2v) is 8.05. The summed E-state index contributed by atoms with van der Waals surface area (Å²) in [4.78, 5) is 0. The number of phenolic OH excluding ortho intramolecular Hbond substituents is 2. The molecule has 2 rings (SSSR count). The Labute approximate surface area is 160 Å². The highest BCUT2D eigenvalue weighted by Crippen LogP contribution is 2.40. The lowest BCUT2D eigenvalue weighted by Crippen LogP contribution is -2.02. The zero-order valence-electron chi connectivity index (χ0n) is 15.7. The molecule has 0 aliphatic carbocycles. The molecule has 2 aromatic rings. The number of benzene rings is 2. The summed E-state index contributed by atoms with van der Waals surface area (Å²) in [6.45, 7) is 12.0. The molecule has 0 aromatic heterocycles. The largest absolute Gasteiger partial charge is 0.508 e. The van der Waals surface area contributed by atoms with Crippen LogP contribution in [0.3, 0.4) is 0 Å². The van der Waals surface area contributed by atoms with E-state index in [0.717, 1.165) is 33.4 Å². The number of phenols is 2. The SMILES string of the molecule is Cc1c(Cl)c(C(C)C)cc(O)c1Cc1c(O)cc(C(C)C)c(Cl)c1C. The molecular weight excluding hydrogens is 355 g/mol. The molecule has 136 valence electrons. The lowest BCUT2D eigenvalue weighted by molar-refractivity contribution is 0.460. The van der Waals surface area contributed by atoms with Crippen molar-refractivity contribution in [1.29, 1.82) is 0 Å². The molecule has 0 spiro atoms. The molecule has 0 aliphatic heterocycles. The van der Waals surface area contributed by atoms with E-state index in [9.17, 15) is 10.2 Å². The number of aromatic hydroxyl groups is 2. The molecule has 0 fully saturated rings. The van der Waals surface area contributed by atoms with Gasteiger partial charge in [0.05, 0.1) is 0 Å². The van der Waals surface area contributed by atoms with Crippen LogP contribution in [0.4, 0.5) is 0 Å². The van der Waals surface area contributed by atoms with Gasteiger partial charge in [-0.15, -0.1) is 0 Å². The molecule has 0 unspecified atom stereocenters. The van der Waals surface area contributed by atoms with Gasteiger partial charge >= 0.3 is 0 Å². The average molecular weight is 381 g/mol. The van der Waals surface area contributed by atoms with E-state index in [2.05, 4.69) is 0 Å². The Balaban J connectivity index is 2.58. The second kappa shape index (κ2) is 7.47. The summed E-state index contributed by atoms with van der Waals surface area (Å²) in [6, 6.07) is 3.46. The van der Waals surface area contributed by atoms with Crippen molar-refractivity contribution in [2.75, 3.05) is 0 Å². The van der Waals surface area contributed by atoms with Gasteiger partial charge in [0.15, 0.2) is 0 Å². The Morgan fingerprint density at radius 1 is 0.760 bits per heavy atom. The summed E-state index contributed by atoms with van der Waals surface area (Å²) in [6.07, 6.45) is 0.380. The molecule has 25 heavy (non-hydrogen) atoms. The van der Waals surface area contributed by atoms with E-state index in [1.54, 1.807) is 12.1 Å². The first-order chi connectivity index (χ1) is 11.6. The maximum absolute atomic E-state index is 10.5. The molecule has 2 nitrogen and oxygen atoms in total. The van der Waals surface area contributed by atoms with E-state index < -0.39 is 0 Å². The summed E-state index contributed by atoms with van der Waals surface area (Å²) in [5.74, 6) is 0.851. The minimum Gasteiger partial charge on any atom is -0.508 e. The van der Waals surface area contributed by atoms with E-state index in [4.69, 9.17) is 23.2 Å². The molecule has 0 atom stereocenters. The van der Waals surface area contributed by atoms with Crippen molar-refractivity contribution in [2.24, 2.45) is 0 Å². The molecular formula is C21H26Cl2O2. The number of hydrogen-bond donors (Lipinski definition) is 2. The molecule has 2 aromatic carbocycles. The van der Waals surface area contributed by atoms with Crippen molar-refractivity contribution in [3.05, 3.63) is 55.6 Å².